The Morgan fingerprint density at radius 1 is 1.07 bits per heavy atom. The van der Waals surface area contributed by atoms with E-state index in [9.17, 15) is 0 Å². The van der Waals surface area contributed by atoms with Crippen LogP contribution in [0, 0.1) is 0 Å². The van der Waals surface area contributed by atoms with E-state index < -0.39 is 0 Å². The Morgan fingerprint density at radius 2 is 1.73 bits per heavy atom. The largest absolute Gasteiger partial charge is 0.336 e. The fourth-order valence-electron chi connectivity index (χ4n) is 2.04. The minimum absolute atomic E-state index is 0.0674. The fourth-order valence-corrected chi connectivity index (χ4v) is 2.04. The van der Waals surface area contributed by atoms with Gasteiger partial charge in [0.25, 0.3) is 0 Å². The van der Waals surface area contributed by atoms with Crippen molar-refractivity contribution in [1.82, 2.24) is 0 Å². The smallest absolute Gasteiger partial charge is 0.0489 e. The summed E-state index contributed by atoms with van der Waals surface area (Å²) in [5, 5.41) is 0. The van der Waals surface area contributed by atoms with Crippen LogP contribution in [-0.4, -0.2) is 5.54 Å². The first-order valence-electron chi connectivity index (χ1n) is 5.26. The van der Waals surface area contributed by atoms with E-state index in [0.29, 0.717) is 0 Å². The molecule has 0 N–H and O–H groups in total. The molecule has 2 rings (SSSR count). The quantitative estimate of drug-likeness (QED) is 0.613. The monoisotopic (exact) mass is 199 g/mol. The van der Waals surface area contributed by atoms with Crippen LogP contribution in [0.25, 0.3) is 6.08 Å². The van der Waals surface area contributed by atoms with Crippen LogP contribution >= 0.6 is 0 Å². The molecule has 1 heteroatoms. The number of hydrogen-bond acceptors (Lipinski definition) is 1. The maximum Gasteiger partial charge on any atom is 0.0489 e. The SMILES string of the molecule is C=C1C=Cc2ccccc2N1C(C)(C)C. The van der Waals surface area contributed by atoms with Gasteiger partial charge in [0.05, 0.1) is 0 Å². The lowest BCUT2D eigenvalue weighted by Crippen LogP contribution is -2.41. The highest BCUT2D eigenvalue weighted by atomic mass is 15.2. The second-order valence-electron chi connectivity index (χ2n) is 4.89. The van der Waals surface area contributed by atoms with E-state index in [1.807, 2.05) is 0 Å². The van der Waals surface area contributed by atoms with Crippen LogP contribution in [0.2, 0.25) is 0 Å². The molecule has 0 aliphatic carbocycles. The molecule has 0 unspecified atom stereocenters. The summed E-state index contributed by atoms with van der Waals surface area (Å²) in [6, 6.07) is 8.42. The molecule has 0 fully saturated rings. The van der Waals surface area contributed by atoms with Gasteiger partial charge in [-0.05, 0) is 38.5 Å². The molecular weight excluding hydrogens is 182 g/mol. The Bertz CT molecular complexity index is 421. The van der Waals surface area contributed by atoms with Gasteiger partial charge in [-0.3, -0.25) is 0 Å². The van der Waals surface area contributed by atoms with E-state index in [1.165, 1.54) is 11.3 Å². The highest BCUT2D eigenvalue weighted by Crippen LogP contribution is 2.35. The van der Waals surface area contributed by atoms with Crippen LogP contribution in [-0.2, 0) is 0 Å². The van der Waals surface area contributed by atoms with Gasteiger partial charge in [-0.25, -0.2) is 0 Å². The van der Waals surface area contributed by atoms with Crippen LogP contribution < -0.4 is 4.90 Å². The lowest BCUT2D eigenvalue weighted by molar-refractivity contribution is 0.545. The van der Waals surface area contributed by atoms with Gasteiger partial charge < -0.3 is 4.90 Å². The van der Waals surface area contributed by atoms with Gasteiger partial charge in [0.2, 0.25) is 0 Å². The van der Waals surface area contributed by atoms with Crippen molar-refractivity contribution in [3.63, 3.8) is 0 Å². The Balaban J connectivity index is 2.57. The van der Waals surface area contributed by atoms with Crippen LogP contribution in [0.1, 0.15) is 26.3 Å². The molecule has 1 nitrogen and oxygen atoms in total. The average molecular weight is 199 g/mol. The highest BCUT2D eigenvalue weighted by molar-refractivity contribution is 5.76. The molecule has 0 spiro atoms. The normalized spacial score (nSPS) is 15.4. The second kappa shape index (κ2) is 3.27. The van der Waals surface area contributed by atoms with Crippen molar-refractivity contribution in [2.45, 2.75) is 26.3 Å². The molecule has 0 atom stereocenters. The Labute approximate surface area is 91.7 Å². The molecular formula is C14H17N. The van der Waals surface area contributed by atoms with E-state index in [1.54, 1.807) is 0 Å². The van der Waals surface area contributed by atoms with Crippen LogP contribution in [0.3, 0.4) is 0 Å². The third-order valence-corrected chi connectivity index (χ3v) is 2.59. The molecule has 78 valence electrons. The number of para-hydroxylation sites is 1. The molecule has 1 aromatic carbocycles. The molecule has 1 heterocycles. The van der Waals surface area contributed by atoms with E-state index in [0.717, 1.165) is 5.70 Å². The summed E-state index contributed by atoms with van der Waals surface area (Å²) in [6.45, 7) is 10.7. The molecule has 0 saturated heterocycles. The standard InChI is InChI=1S/C14H17N/c1-11-9-10-12-7-5-6-8-13(12)15(11)14(2,3)4/h5-10H,1H2,2-4H3. The summed E-state index contributed by atoms with van der Waals surface area (Å²) in [7, 11) is 0. The zero-order valence-corrected chi connectivity index (χ0v) is 9.62. The number of fused-ring (bicyclic) bond motifs is 1. The number of allylic oxidation sites excluding steroid dienone is 1. The van der Waals surface area contributed by atoms with Crippen molar-refractivity contribution < 1.29 is 0 Å². The summed E-state index contributed by atoms with van der Waals surface area (Å²) in [4.78, 5) is 2.28. The van der Waals surface area contributed by atoms with Gasteiger partial charge in [-0.2, -0.15) is 0 Å². The second-order valence-corrected chi connectivity index (χ2v) is 4.89. The van der Waals surface area contributed by atoms with Crippen LogP contribution in [0.15, 0.2) is 42.6 Å². The lowest BCUT2D eigenvalue weighted by Gasteiger charge is -2.40. The molecule has 0 radical (unpaired) electrons. The summed E-state index contributed by atoms with van der Waals surface area (Å²) >= 11 is 0. The maximum absolute atomic E-state index is 4.10. The number of hydrogen-bond donors (Lipinski definition) is 0. The molecule has 0 saturated carbocycles. The van der Waals surface area contributed by atoms with Gasteiger partial charge in [0.15, 0.2) is 0 Å². The topological polar surface area (TPSA) is 3.24 Å². The minimum atomic E-state index is 0.0674. The van der Waals surface area contributed by atoms with E-state index in [-0.39, 0.29) is 5.54 Å². The van der Waals surface area contributed by atoms with Crippen molar-refractivity contribution in [3.8, 4) is 0 Å². The fraction of sp³-hybridized carbons (Fsp3) is 0.286. The molecule has 0 amide bonds. The summed E-state index contributed by atoms with van der Waals surface area (Å²) in [5.74, 6) is 0. The molecule has 1 aliphatic heterocycles. The predicted octanol–water partition coefficient (Wildman–Crippen LogP) is 3.83. The summed E-state index contributed by atoms with van der Waals surface area (Å²) in [6.07, 6.45) is 4.20. The zero-order valence-electron chi connectivity index (χ0n) is 9.62. The molecule has 1 aromatic rings. The van der Waals surface area contributed by atoms with E-state index in [4.69, 9.17) is 0 Å². The predicted molar refractivity (Wildman–Crippen MR) is 66.8 cm³/mol. The van der Waals surface area contributed by atoms with Crippen molar-refractivity contribution >= 4 is 11.8 Å². The van der Waals surface area contributed by atoms with Crippen molar-refractivity contribution in [2.75, 3.05) is 4.90 Å². The molecule has 1 aliphatic rings. The first kappa shape index (κ1) is 10.0. The third kappa shape index (κ3) is 1.70. The van der Waals surface area contributed by atoms with Gasteiger partial charge in [0.1, 0.15) is 0 Å². The first-order valence-corrected chi connectivity index (χ1v) is 5.26. The van der Waals surface area contributed by atoms with E-state index >= 15 is 0 Å². The van der Waals surface area contributed by atoms with Crippen LogP contribution in [0.4, 0.5) is 5.69 Å². The first-order chi connectivity index (χ1) is 7.00. The lowest BCUT2D eigenvalue weighted by atomic mass is 9.98. The maximum atomic E-state index is 4.10. The van der Waals surface area contributed by atoms with Crippen molar-refractivity contribution in [1.29, 1.82) is 0 Å². The van der Waals surface area contributed by atoms with Gasteiger partial charge in [-0.1, -0.05) is 30.9 Å². The highest BCUT2D eigenvalue weighted by Gasteiger charge is 2.26. The number of anilines is 1. The minimum Gasteiger partial charge on any atom is -0.336 e. The Hall–Kier alpha value is -1.50. The summed E-state index contributed by atoms with van der Waals surface area (Å²) < 4.78 is 0. The Kier molecular flexibility index (Phi) is 2.18. The van der Waals surface area contributed by atoms with Crippen LogP contribution in [0.5, 0.6) is 0 Å². The van der Waals surface area contributed by atoms with Gasteiger partial charge in [0, 0.05) is 16.9 Å². The van der Waals surface area contributed by atoms with Gasteiger partial charge in [-0.15, -0.1) is 0 Å². The van der Waals surface area contributed by atoms with Crippen molar-refractivity contribution in [3.05, 3.63) is 48.2 Å². The molecule has 15 heavy (non-hydrogen) atoms. The summed E-state index contributed by atoms with van der Waals surface area (Å²) in [5.41, 5.74) is 3.64. The average Bonchev–Trinajstić information content (AvgIpc) is 2.15. The Morgan fingerprint density at radius 3 is 2.40 bits per heavy atom. The van der Waals surface area contributed by atoms with Crippen molar-refractivity contribution in [2.24, 2.45) is 0 Å². The number of rotatable bonds is 0. The van der Waals surface area contributed by atoms with E-state index in [2.05, 4.69) is 68.7 Å². The number of benzene rings is 1. The third-order valence-electron chi connectivity index (χ3n) is 2.59. The molecule has 0 aromatic heterocycles. The van der Waals surface area contributed by atoms with Gasteiger partial charge >= 0.3 is 0 Å². The molecule has 0 bridgehead atoms. The number of nitrogens with zero attached hydrogens (tertiary/aromatic N) is 1. The zero-order chi connectivity index (χ0) is 11.1.